The van der Waals surface area contributed by atoms with Crippen molar-refractivity contribution in [1.82, 2.24) is 0 Å². The fraction of sp³-hybridized carbons (Fsp3) is 0.429. The monoisotopic (exact) mass is 279 g/mol. The Hall–Kier alpha value is -2.08. The molecule has 1 aromatic carbocycles. The molecule has 0 aliphatic rings. The summed E-state index contributed by atoms with van der Waals surface area (Å²) in [4.78, 5) is 23.0. The first kappa shape index (κ1) is 16.0. The molecule has 0 aromatic heterocycles. The third kappa shape index (κ3) is 4.89. The summed E-state index contributed by atoms with van der Waals surface area (Å²) in [7, 11) is 1.30. The number of carbonyl (C=O) groups is 2. The number of ether oxygens (including phenoxy) is 1. The van der Waals surface area contributed by atoms with Gasteiger partial charge in [0.05, 0.1) is 24.0 Å². The van der Waals surface area contributed by atoms with Crippen molar-refractivity contribution >= 4 is 23.3 Å². The fourth-order valence-electron chi connectivity index (χ4n) is 1.74. The molecule has 0 bridgehead atoms. The second kappa shape index (κ2) is 8.16. The van der Waals surface area contributed by atoms with Crippen molar-refractivity contribution in [1.29, 1.82) is 0 Å². The molecular formula is C14H21N3O3. The van der Waals surface area contributed by atoms with E-state index in [-0.39, 0.29) is 5.91 Å². The van der Waals surface area contributed by atoms with Crippen LogP contribution in [0.3, 0.4) is 0 Å². The molecule has 0 heterocycles. The van der Waals surface area contributed by atoms with Gasteiger partial charge in [0.1, 0.15) is 0 Å². The first-order valence-electron chi connectivity index (χ1n) is 6.56. The van der Waals surface area contributed by atoms with Crippen molar-refractivity contribution in [2.24, 2.45) is 5.73 Å². The molecule has 0 fully saturated rings. The van der Waals surface area contributed by atoms with Crippen LogP contribution in [-0.2, 0) is 9.53 Å². The number of hydrogen-bond acceptors (Lipinski definition) is 5. The Morgan fingerprint density at radius 2 is 2.00 bits per heavy atom. The van der Waals surface area contributed by atoms with E-state index in [1.165, 1.54) is 13.2 Å². The Morgan fingerprint density at radius 3 is 2.60 bits per heavy atom. The second-order valence-corrected chi connectivity index (χ2v) is 4.44. The van der Waals surface area contributed by atoms with E-state index in [9.17, 15) is 9.59 Å². The quantitative estimate of drug-likeness (QED) is 0.398. The minimum absolute atomic E-state index is 0.0976. The minimum atomic E-state index is -0.462. The molecule has 110 valence electrons. The van der Waals surface area contributed by atoms with Gasteiger partial charge in [-0.3, -0.25) is 4.79 Å². The number of nitrogens with one attached hydrogen (secondary N) is 1. The van der Waals surface area contributed by atoms with Crippen molar-refractivity contribution in [2.45, 2.75) is 25.7 Å². The van der Waals surface area contributed by atoms with Crippen LogP contribution in [0.15, 0.2) is 18.2 Å². The summed E-state index contributed by atoms with van der Waals surface area (Å²) in [6.45, 7) is 0.642. The van der Waals surface area contributed by atoms with Gasteiger partial charge in [-0.05, 0) is 37.6 Å². The molecular weight excluding hydrogens is 258 g/mol. The Morgan fingerprint density at radius 1 is 1.25 bits per heavy atom. The van der Waals surface area contributed by atoms with Crippen LogP contribution in [0.25, 0.3) is 0 Å². The fourth-order valence-corrected chi connectivity index (χ4v) is 1.74. The van der Waals surface area contributed by atoms with Crippen LogP contribution in [0.2, 0.25) is 0 Å². The summed E-state index contributed by atoms with van der Waals surface area (Å²) in [6, 6.07) is 4.64. The molecule has 1 rings (SSSR count). The highest BCUT2D eigenvalue weighted by Crippen LogP contribution is 2.20. The average molecular weight is 279 g/mol. The highest BCUT2D eigenvalue weighted by atomic mass is 16.5. The smallest absolute Gasteiger partial charge is 0.337 e. The second-order valence-electron chi connectivity index (χ2n) is 4.44. The zero-order valence-electron chi connectivity index (χ0n) is 11.6. The van der Waals surface area contributed by atoms with Crippen molar-refractivity contribution in [3.8, 4) is 0 Å². The molecule has 6 heteroatoms. The van der Waals surface area contributed by atoms with Gasteiger partial charge in [0.2, 0.25) is 5.91 Å². The van der Waals surface area contributed by atoms with Crippen molar-refractivity contribution in [2.75, 3.05) is 24.7 Å². The lowest BCUT2D eigenvalue weighted by molar-refractivity contribution is -0.116. The summed E-state index contributed by atoms with van der Waals surface area (Å²) in [5.74, 6) is -0.559. The van der Waals surface area contributed by atoms with Gasteiger partial charge in [-0.15, -0.1) is 0 Å². The molecule has 0 unspecified atom stereocenters. The van der Waals surface area contributed by atoms with Crippen LogP contribution in [0.5, 0.6) is 0 Å². The molecule has 0 radical (unpaired) electrons. The van der Waals surface area contributed by atoms with Crippen LogP contribution in [0, 0.1) is 0 Å². The maximum atomic E-state index is 11.7. The minimum Gasteiger partial charge on any atom is -0.465 e. The van der Waals surface area contributed by atoms with Gasteiger partial charge >= 0.3 is 5.97 Å². The average Bonchev–Trinajstić information content (AvgIpc) is 2.45. The maximum absolute atomic E-state index is 11.7. The molecule has 0 saturated heterocycles. The number of anilines is 2. The van der Waals surface area contributed by atoms with Gasteiger partial charge in [0, 0.05) is 6.42 Å². The van der Waals surface area contributed by atoms with Gasteiger partial charge in [-0.1, -0.05) is 6.42 Å². The number of methoxy groups -OCH3 is 1. The SMILES string of the molecule is COC(=O)c1ccc(NC(=O)CCCCCN)c(N)c1. The number of esters is 1. The number of hydrogen-bond donors (Lipinski definition) is 3. The summed E-state index contributed by atoms with van der Waals surface area (Å²) >= 11 is 0. The van der Waals surface area contributed by atoms with E-state index in [1.807, 2.05) is 0 Å². The van der Waals surface area contributed by atoms with E-state index < -0.39 is 5.97 Å². The number of carbonyl (C=O) groups excluding carboxylic acids is 2. The maximum Gasteiger partial charge on any atom is 0.337 e. The third-order valence-corrected chi connectivity index (χ3v) is 2.85. The number of rotatable bonds is 7. The molecule has 1 amide bonds. The molecule has 6 nitrogen and oxygen atoms in total. The van der Waals surface area contributed by atoms with Crippen molar-refractivity contribution < 1.29 is 14.3 Å². The summed E-state index contributed by atoms with van der Waals surface area (Å²) < 4.78 is 4.60. The lowest BCUT2D eigenvalue weighted by Crippen LogP contribution is -2.13. The molecule has 1 aromatic rings. The Balaban J connectivity index is 2.55. The number of nitrogens with two attached hydrogens (primary N) is 2. The van der Waals surface area contributed by atoms with Crippen LogP contribution in [0.4, 0.5) is 11.4 Å². The van der Waals surface area contributed by atoms with Crippen LogP contribution in [0.1, 0.15) is 36.0 Å². The van der Waals surface area contributed by atoms with E-state index in [4.69, 9.17) is 11.5 Å². The molecule has 5 N–H and O–H groups in total. The normalized spacial score (nSPS) is 10.1. The highest BCUT2D eigenvalue weighted by molar-refractivity contribution is 5.96. The van der Waals surface area contributed by atoms with E-state index in [2.05, 4.69) is 10.1 Å². The third-order valence-electron chi connectivity index (χ3n) is 2.85. The Labute approximate surface area is 118 Å². The molecule has 0 saturated carbocycles. The number of benzene rings is 1. The first-order chi connectivity index (χ1) is 9.58. The molecule has 0 aliphatic carbocycles. The van der Waals surface area contributed by atoms with Crippen LogP contribution < -0.4 is 16.8 Å². The number of amides is 1. The standard InChI is InChI=1S/C14H21N3O3/c1-20-14(19)10-6-7-12(11(16)9-10)17-13(18)5-3-2-4-8-15/h6-7,9H,2-5,8,15-16H2,1H3,(H,17,18). The molecule has 0 atom stereocenters. The summed E-state index contributed by atoms with van der Waals surface area (Å²) in [5.41, 5.74) is 12.4. The summed E-state index contributed by atoms with van der Waals surface area (Å²) in [5, 5.41) is 2.72. The van der Waals surface area contributed by atoms with Crippen LogP contribution in [-0.4, -0.2) is 25.5 Å². The van der Waals surface area contributed by atoms with Gasteiger partial charge in [0.15, 0.2) is 0 Å². The van der Waals surface area contributed by atoms with Gasteiger partial charge in [-0.2, -0.15) is 0 Å². The van der Waals surface area contributed by atoms with Gasteiger partial charge < -0.3 is 21.5 Å². The van der Waals surface area contributed by atoms with Gasteiger partial charge in [-0.25, -0.2) is 4.79 Å². The predicted octanol–water partition coefficient (Wildman–Crippen LogP) is 1.51. The predicted molar refractivity (Wildman–Crippen MR) is 78.3 cm³/mol. The molecule has 0 aliphatic heterocycles. The Bertz CT molecular complexity index is 475. The summed E-state index contributed by atoms with van der Waals surface area (Å²) in [6.07, 6.45) is 3.07. The largest absolute Gasteiger partial charge is 0.465 e. The van der Waals surface area contributed by atoms with Crippen molar-refractivity contribution in [3.63, 3.8) is 0 Å². The zero-order valence-corrected chi connectivity index (χ0v) is 11.6. The van der Waals surface area contributed by atoms with Crippen molar-refractivity contribution in [3.05, 3.63) is 23.8 Å². The number of unbranched alkanes of at least 4 members (excludes halogenated alkanes) is 2. The molecule has 0 spiro atoms. The lowest BCUT2D eigenvalue weighted by Gasteiger charge is -2.09. The topological polar surface area (TPSA) is 107 Å². The van der Waals surface area contributed by atoms with E-state index in [1.54, 1.807) is 12.1 Å². The Kier molecular flexibility index (Phi) is 6.52. The molecule has 20 heavy (non-hydrogen) atoms. The first-order valence-corrected chi connectivity index (χ1v) is 6.56. The van der Waals surface area contributed by atoms with E-state index in [0.717, 1.165) is 19.3 Å². The van der Waals surface area contributed by atoms with Crippen LogP contribution >= 0.6 is 0 Å². The lowest BCUT2D eigenvalue weighted by atomic mass is 10.1. The van der Waals surface area contributed by atoms with Gasteiger partial charge in [0.25, 0.3) is 0 Å². The number of nitrogen functional groups attached to an aromatic ring is 1. The van der Waals surface area contributed by atoms with E-state index in [0.29, 0.717) is 29.9 Å². The highest BCUT2D eigenvalue weighted by Gasteiger charge is 2.10. The van der Waals surface area contributed by atoms with E-state index >= 15 is 0 Å². The zero-order chi connectivity index (χ0) is 15.0.